The highest BCUT2D eigenvalue weighted by Crippen LogP contribution is 2.46. The van der Waals surface area contributed by atoms with Crippen LogP contribution >= 0.6 is 11.6 Å². The second-order valence-electron chi connectivity index (χ2n) is 9.42. The summed E-state index contributed by atoms with van der Waals surface area (Å²) < 4.78 is 5.06. The number of aliphatic hydroxyl groups is 1. The highest BCUT2D eigenvalue weighted by Gasteiger charge is 2.48. The monoisotopic (exact) mass is 436 g/mol. The number of azide groups is 1. The number of aryl methyl sites for hydroxylation is 1. The Labute approximate surface area is 183 Å². The van der Waals surface area contributed by atoms with E-state index in [-0.39, 0.29) is 29.8 Å². The Morgan fingerprint density at radius 3 is 2.63 bits per heavy atom. The van der Waals surface area contributed by atoms with E-state index in [1.165, 1.54) is 7.11 Å². The number of hydrogen-bond donors (Lipinski definition) is 2. The summed E-state index contributed by atoms with van der Waals surface area (Å²) in [5.41, 5.74) is 15.9. The van der Waals surface area contributed by atoms with Crippen molar-refractivity contribution in [1.82, 2.24) is 0 Å². The lowest BCUT2D eigenvalue weighted by Crippen LogP contribution is -2.52. The van der Waals surface area contributed by atoms with Crippen molar-refractivity contribution in [1.29, 1.82) is 0 Å². The molecular formula is C22H33ClN4O3. The molecule has 0 heterocycles. The summed E-state index contributed by atoms with van der Waals surface area (Å²) in [6.07, 6.45) is 3.08. The first-order valence-corrected chi connectivity index (χ1v) is 10.7. The van der Waals surface area contributed by atoms with Gasteiger partial charge in [0.15, 0.2) is 0 Å². The van der Waals surface area contributed by atoms with Gasteiger partial charge in [0, 0.05) is 23.1 Å². The fourth-order valence-electron chi connectivity index (χ4n) is 4.30. The molecule has 3 N–H and O–H groups in total. The molecule has 0 amide bonds. The van der Waals surface area contributed by atoms with Crippen molar-refractivity contribution in [2.24, 2.45) is 34.0 Å². The summed E-state index contributed by atoms with van der Waals surface area (Å²) in [6, 6.07) is 5.73. The van der Waals surface area contributed by atoms with Gasteiger partial charge in [0.2, 0.25) is 0 Å². The molecule has 0 aliphatic heterocycles. The summed E-state index contributed by atoms with van der Waals surface area (Å²) >= 11 is 6.57. The number of esters is 1. The summed E-state index contributed by atoms with van der Waals surface area (Å²) in [4.78, 5) is 15.4. The molecule has 166 valence electrons. The zero-order chi connectivity index (χ0) is 22.5. The van der Waals surface area contributed by atoms with E-state index in [2.05, 4.69) is 23.9 Å². The first-order valence-electron chi connectivity index (χ1n) is 10.3. The lowest BCUT2D eigenvalue weighted by molar-refractivity contribution is -0.153. The number of nitrogens with zero attached hydrogens (tertiary/aromatic N) is 3. The van der Waals surface area contributed by atoms with Gasteiger partial charge in [0.25, 0.3) is 0 Å². The van der Waals surface area contributed by atoms with Gasteiger partial charge < -0.3 is 15.6 Å². The van der Waals surface area contributed by atoms with Crippen LogP contribution in [-0.4, -0.2) is 31.3 Å². The molecule has 8 heteroatoms. The number of hydrogen-bond acceptors (Lipinski definition) is 5. The van der Waals surface area contributed by atoms with Gasteiger partial charge in [-0.1, -0.05) is 42.7 Å². The van der Waals surface area contributed by atoms with Crippen LogP contribution in [0.4, 0.5) is 0 Å². The lowest BCUT2D eigenvalue weighted by Gasteiger charge is -2.45. The van der Waals surface area contributed by atoms with E-state index in [9.17, 15) is 9.90 Å². The molecule has 1 aromatic rings. The molecule has 0 radical (unpaired) electrons. The molecule has 0 spiro atoms. The average molecular weight is 437 g/mol. The van der Waals surface area contributed by atoms with Crippen LogP contribution < -0.4 is 5.73 Å². The van der Waals surface area contributed by atoms with Gasteiger partial charge in [-0.3, -0.25) is 4.79 Å². The van der Waals surface area contributed by atoms with Crippen molar-refractivity contribution in [2.75, 3.05) is 20.3 Å². The molecule has 2 atom stereocenters. The van der Waals surface area contributed by atoms with Gasteiger partial charge in [-0.15, -0.1) is 0 Å². The predicted molar refractivity (Wildman–Crippen MR) is 118 cm³/mol. The minimum atomic E-state index is -0.943. The van der Waals surface area contributed by atoms with Crippen molar-refractivity contribution in [3.8, 4) is 0 Å². The largest absolute Gasteiger partial charge is 0.469 e. The molecule has 1 aromatic carbocycles. The number of halogens is 1. The lowest BCUT2D eigenvalue weighted by atomic mass is 9.62. The molecule has 1 aliphatic rings. The Balaban J connectivity index is 2.19. The third-order valence-corrected chi connectivity index (χ3v) is 6.76. The fourth-order valence-corrected chi connectivity index (χ4v) is 4.58. The minimum Gasteiger partial charge on any atom is -0.469 e. The van der Waals surface area contributed by atoms with Crippen LogP contribution in [0.3, 0.4) is 0 Å². The highest BCUT2D eigenvalue weighted by atomic mass is 35.5. The zero-order valence-electron chi connectivity index (χ0n) is 18.3. The number of rotatable bonds is 10. The smallest absolute Gasteiger partial charge is 0.311 e. The van der Waals surface area contributed by atoms with Gasteiger partial charge in [0.1, 0.15) is 0 Å². The van der Waals surface area contributed by atoms with Crippen LogP contribution in [0.1, 0.15) is 51.2 Å². The third-order valence-electron chi connectivity index (χ3n) is 6.41. The highest BCUT2D eigenvalue weighted by molar-refractivity contribution is 6.31. The molecule has 7 nitrogen and oxygen atoms in total. The van der Waals surface area contributed by atoms with E-state index >= 15 is 0 Å². The number of aliphatic hydroxyl groups excluding tert-OH is 1. The summed E-state index contributed by atoms with van der Waals surface area (Å²) in [5.74, 6) is -0.543. The zero-order valence-corrected chi connectivity index (χ0v) is 19.0. The molecule has 0 aromatic heterocycles. The fraction of sp³-hybridized carbons (Fsp3) is 0.682. The van der Waals surface area contributed by atoms with Crippen molar-refractivity contribution in [3.05, 3.63) is 44.8 Å². The number of carbonyl (C=O) groups excluding carboxylic acids is 1. The number of nitrogens with two attached hydrogens (primary N) is 1. The van der Waals surface area contributed by atoms with E-state index < -0.39 is 11.5 Å². The average Bonchev–Trinajstić information content (AvgIpc) is 2.67. The number of ether oxygens (including phenoxy) is 1. The van der Waals surface area contributed by atoms with Gasteiger partial charge >= 0.3 is 5.97 Å². The topological polar surface area (TPSA) is 121 Å². The van der Waals surface area contributed by atoms with Crippen molar-refractivity contribution in [3.63, 3.8) is 0 Å². The van der Waals surface area contributed by atoms with E-state index in [0.717, 1.165) is 36.8 Å². The molecule has 0 saturated heterocycles. The predicted octanol–water partition coefficient (Wildman–Crippen LogP) is 4.59. The van der Waals surface area contributed by atoms with Crippen molar-refractivity contribution >= 4 is 17.6 Å². The maximum atomic E-state index is 12.6. The van der Waals surface area contributed by atoms with E-state index in [4.69, 9.17) is 27.6 Å². The van der Waals surface area contributed by atoms with E-state index in [1.807, 2.05) is 25.1 Å². The van der Waals surface area contributed by atoms with Crippen LogP contribution in [0.5, 0.6) is 0 Å². The van der Waals surface area contributed by atoms with Gasteiger partial charge in [-0.2, -0.15) is 0 Å². The molecule has 2 rings (SSSR count). The maximum absolute atomic E-state index is 12.6. The van der Waals surface area contributed by atoms with Gasteiger partial charge in [0.05, 0.1) is 18.6 Å². The molecule has 30 heavy (non-hydrogen) atoms. The van der Waals surface area contributed by atoms with Crippen LogP contribution in [0.25, 0.3) is 10.4 Å². The van der Waals surface area contributed by atoms with E-state index in [0.29, 0.717) is 11.6 Å². The Morgan fingerprint density at radius 2 is 2.10 bits per heavy atom. The normalized spacial score (nSPS) is 21.7. The molecular weight excluding hydrogens is 404 g/mol. The van der Waals surface area contributed by atoms with E-state index in [1.54, 1.807) is 0 Å². The van der Waals surface area contributed by atoms with Crippen LogP contribution in [0.2, 0.25) is 5.02 Å². The first-order chi connectivity index (χ1) is 14.1. The van der Waals surface area contributed by atoms with Gasteiger partial charge in [-0.25, -0.2) is 0 Å². The summed E-state index contributed by atoms with van der Waals surface area (Å²) in [6.45, 7) is 6.51. The molecule has 1 fully saturated rings. The Bertz CT molecular complexity index is 800. The maximum Gasteiger partial charge on any atom is 0.311 e. The van der Waals surface area contributed by atoms with Crippen LogP contribution in [0.15, 0.2) is 23.3 Å². The first kappa shape index (κ1) is 24.5. The number of carbonyl (C=O) groups is 1. The second kappa shape index (κ2) is 10.0. The molecule has 1 unspecified atom stereocenters. The van der Waals surface area contributed by atoms with Gasteiger partial charge in [-0.05, 0) is 72.6 Å². The Hall–Kier alpha value is -1.79. The summed E-state index contributed by atoms with van der Waals surface area (Å²) in [7, 11) is 1.38. The number of benzene rings is 1. The summed E-state index contributed by atoms with van der Waals surface area (Å²) in [5, 5.41) is 13.6. The van der Waals surface area contributed by atoms with Crippen LogP contribution in [0, 0.1) is 23.2 Å². The minimum absolute atomic E-state index is 0.0736. The molecule has 0 bridgehead atoms. The quantitative estimate of drug-likeness (QED) is 0.241. The number of methoxy groups -OCH3 is 1. The molecule has 1 saturated carbocycles. The van der Waals surface area contributed by atoms with Crippen LogP contribution in [-0.2, 0) is 21.5 Å². The SMILES string of the molecule is COC(=O)C(C1CC(CO)C1)[C@@](C)(N)c1ccc(CCC(C)(C)CN=[N+]=[N-])c(Cl)c1. The Morgan fingerprint density at radius 1 is 1.43 bits per heavy atom. The third kappa shape index (κ3) is 5.67. The van der Waals surface area contributed by atoms with Crippen molar-refractivity contribution in [2.45, 2.75) is 52.0 Å². The standard InChI is InChI=1S/C22H33ClN4O3/c1-21(2,13-26-27-25)8-7-15-5-6-17(11-18(15)23)22(3,24)19(20(29)30-4)16-9-14(10-16)12-28/h5-6,11,14,16,19,28H,7-10,12-13,24H2,1-4H3/t14?,16?,19?,22-/m0/s1. The Kier molecular flexibility index (Phi) is 8.17. The molecule has 1 aliphatic carbocycles. The van der Waals surface area contributed by atoms with Crippen molar-refractivity contribution < 1.29 is 14.6 Å². The second-order valence-corrected chi connectivity index (χ2v) is 9.83.